The maximum atomic E-state index is 13.8. The average Bonchev–Trinajstić information content (AvgIpc) is 1.68. The Morgan fingerprint density at radius 1 is 0.523 bits per heavy atom. The number of piperazine rings is 2. The van der Waals surface area contributed by atoms with Crippen LogP contribution in [0.25, 0.3) is 21.5 Å². The number of nitriles is 2. The summed E-state index contributed by atoms with van der Waals surface area (Å²) < 4.78 is 3.61. The second kappa shape index (κ2) is 61.7. The van der Waals surface area contributed by atoms with Gasteiger partial charge < -0.3 is 104 Å². The molecule has 40 heteroatoms. The van der Waals surface area contributed by atoms with E-state index in [1.807, 2.05) is 68.4 Å². The third-order valence-corrected chi connectivity index (χ3v) is 26.4. The number of carboxylic acid groups (broad SMARTS) is 1. The van der Waals surface area contributed by atoms with E-state index in [1.54, 1.807) is 15.9 Å². The van der Waals surface area contributed by atoms with Crippen LogP contribution in [0.5, 0.6) is 0 Å². The molecule has 36 nitrogen and oxygen atoms in total. The summed E-state index contributed by atoms with van der Waals surface area (Å²) in [5, 5.41) is 94.1. The van der Waals surface area contributed by atoms with Gasteiger partial charge in [-0.15, -0.1) is 0 Å². The Hall–Kier alpha value is -9.85. The minimum Gasteiger partial charge on any atom is -0.793 e. The molecule has 2 aromatic heterocycles. The Balaban J connectivity index is 0.000000333. The number of aliphatic hydroxyl groups is 6. The summed E-state index contributed by atoms with van der Waals surface area (Å²) in [4.78, 5) is 137. The molecule has 9 aliphatic rings. The van der Waals surface area contributed by atoms with Crippen molar-refractivity contribution in [3.05, 3.63) is 155 Å². The minimum atomic E-state index is -1.14. The Kier molecular flexibility index (Phi) is 53.7. The summed E-state index contributed by atoms with van der Waals surface area (Å²) in [6.45, 7) is 59.6. The molecule has 4 aromatic carbocycles. The van der Waals surface area contributed by atoms with Crippen LogP contribution in [-0.2, 0) is 73.9 Å². The number of pyridine rings is 2. The molecule has 0 spiro atoms. The van der Waals surface area contributed by atoms with Gasteiger partial charge >= 0.3 is 58.0 Å². The number of anilines is 4. The van der Waals surface area contributed by atoms with Crippen LogP contribution in [0.3, 0.4) is 0 Å². The van der Waals surface area contributed by atoms with Gasteiger partial charge in [-0.1, -0.05) is 115 Å². The fourth-order valence-corrected chi connectivity index (χ4v) is 19.2. The van der Waals surface area contributed by atoms with Crippen molar-refractivity contribution in [2.45, 2.75) is 248 Å². The van der Waals surface area contributed by atoms with Crippen LogP contribution in [-0.4, -0.2) is 338 Å². The second-order valence-electron chi connectivity index (χ2n) is 42.2. The molecule has 9 atom stereocenters. The largest absolute Gasteiger partial charge is 1.00 e. The van der Waals surface area contributed by atoms with Crippen molar-refractivity contribution in [2.24, 2.45) is 23.5 Å². The van der Waals surface area contributed by atoms with Gasteiger partial charge in [0.05, 0.1) is 89.5 Å². The van der Waals surface area contributed by atoms with E-state index in [0.717, 1.165) is 183 Å². The van der Waals surface area contributed by atoms with Crippen molar-refractivity contribution < 1.29 is 123 Å². The number of halogens is 2. The van der Waals surface area contributed by atoms with Gasteiger partial charge in [-0.3, -0.25) is 38.6 Å². The number of aliphatic hydroxyl groups excluding tert-OH is 1. The standard InChI is InChI=1S/C37H45N7O3.C29H29N5O3.2C9H19NO.C8H18N2O.C5H11NO.C4H6O4.C4H10O.C2H3BO2.C2Cl2O2.Na/c1-5-34(45)44-19-18-43(22-28(44)12-15-38)33-20-30(36(46)39-26(3)21-41-17-14-37(4,47)24-41)40-31-23-42(16-13-29(31)33)32-11-7-10-27-9-6-8-25(2)35(27)32;1-3-27(35)34-15-14-33(17-21(34)10-12-30)26-16-23(29(36)37)31-24-18-32(13-11-22(24)26)25-9-5-8-20-7-4-6-19(2)28(20)25;2*1-8(2)6-10-5-4-9(3,11)7-10;1-7(9)5-10-4-3-8(2,11)6-10;1-5(7)2-3-6-4-5;1-3(5)7-8-4(2)6;1-4(2)3-5;1-2(4)5-3;3-1(5)2(4)6;/h5-11,20,26,28,47H,1,12-14,16-19,21-24H2,2-4H3,(H,39,46);3-9,16,21H,1,10-11,13-15,17-18H2,2H3,(H,36,37);2*8,11H,4-7H2,1-3H3;7,11H,3-6,9H2,1-2H3;6-7H,2-4H2,1H3;1-2H3;4-5H,3H2,1-2H3;1H3;;/q;;;;;;;;-1;;+1/t26?,28-,37?;21-;;;;;;;;;/m00........./s1. The van der Waals surface area contributed by atoms with Crippen molar-refractivity contribution in [2.75, 3.05) is 170 Å². The third-order valence-electron chi connectivity index (χ3n) is 26.0. The van der Waals surface area contributed by atoms with E-state index in [1.165, 1.54) is 51.7 Å². The van der Waals surface area contributed by atoms with Crippen LogP contribution in [0.4, 0.5) is 22.7 Å². The van der Waals surface area contributed by atoms with E-state index < -0.39 is 62.4 Å². The number of fused-ring (bicyclic) bond motifs is 4. The normalized spacial score (nSPS) is 22.1. The molecule has 15 rings (SSSR count). The molecule has 9 aliphatic heterocycles. The van der Waals surface area contributed by atoms with Gasteiger partial charge in [-0.2, -0.15) is 10.5 Å². The molecule has 7 saturated heterocycles. The molecule has 3 radical (unpaired) electrons. The van der Waals surface area contributed by atoms with Crippen molar-refractivity contribution in [3.63, 3.8) is 0 Å². The maximum absolute atomic E-state index is 13.8. The number of likely N-dealkylation sites (tertiary alicyclic amines) is 4. The minimum absolute atomic E-state index is 0. The smallest absolute Gasteiger partial charge is 0.793 e. The summed E-state index contributed by atoms with van der Waals surface area (Å²) in [6.07, 6.45) is 8.82. The zero-order chi connectivity index (χ0) is 110. The predicted octanol–water partition coefficient (Wildman–Crippen LogP) is 7.25. The van der Waals surface area contributed by atoms with Gasteiger partial charge in [-0.05, 0) is 213 Å². The van der Waals surface area contributed by atoms with Crippen LogP contribution in [0.1, 0.15) is 210 Å². The fraction of sp³-hybridized carbons (Fsp3) is 0.587. The Morgan fingerprint density at radius 3 is 1.17 bits per heavy atom. The topological polar surface area (TPSA) is 479 Å². The number of carbonyl (C=O) groups is 9. The molecule has 0 saturated carbocycles. The van der Waals surface area contributed by atoms with Crippen LogP contribution in [0.2, 0.25) is 0 Å². The second-order valence-corrected chi connectivity index (χ2v) is 42.9. The van der Waals surface area contributed by atoms with Crippen molar-refractivity contribution >= 4 is 128 Å². The number of amides is 3. The van der Waals surface area contributed by atoms with Crippen LogP contribution in [0, 0.1) is 54.3 Å². The molecule has 7 unspecified atom stereocenters. The van der Waals surface area contributed by atoms with Crippen molar-refractivity contribution in [1.29, 1.82) is 10.5 Å². The van der Waals surface area contributed by atoms with E-state index in [0.29, 0.717) is 108 Å². The van der Waals surface area contributed by atoms with Crippen LogP contribution >= 0.6 is 23.2 Å². The molecule has 6 aromatic rings. The number of carbonyl (C=O) groups excluding carboxylic acids is 8. The number of nitrogens with two attached hydrogens (primary N) is 1. The third kappa shape index (κ3) is 43.7. The number of aromatic carboxylic acids is 1. The van der Waals surface area contributed by atoms with Gasteiger partial charge in [-0.25, -0.2) is 34.1 Å². The van der Waals surface area contributed by atoms with E-state index in [-0.39, 0.29) is 90.0 Å². The maximum Gasteiger partial charge on any atom is 1.00 e. The first-order chi connectivity index (χ1) is 69.5. The number of aromatic nitrogens is 2. The van der Waals surface area contributed by atoms with Gasteiger partial charge in [0.1, 0.15) is 5.69 Å². The molecule has 0 bridgehead atoms. The number of benzene rings is 4. The van der Waals surface area contributed by atoms with Crippen molar-refractivity contribution in [3.8, 4) is 12.1 Å². The molecule has 149 heavy (non-hydrogen) atoms. The first kappa shape index (κ1) is 130. The SMILES string of the molecule is C=CC(=O)N1CCN(c2cc(C(=O)NC(C)CN3CCC(C)(O)C3)nc3c2CCN(c2cccc4cccc(C)c24)C3)C[C@@H]1CC#N.C=CC(=O)N1CCN(c2cc(C(=O)O)nc3c2CCN(c2cccc4cccc(C)c24)C3)C[C@@H]1CC#N.CC(=O)OOC(C)=O.CC(C)CN1CCC(C)(O)C1.CC(C)CN1CCC(C)(O)C1.CC(C)CO.CC(N)CN1CCC(C)(O)C1.CC1(O)CCNC1.O=C(Cl)C(=O)Cl.[B-]OC(C)=O.[Na+]. The number of hydrogen-bond acceptors (Lipinski definition) is 32. The van der Waals surface area contributed by atoms with E-state index >= 15 is 0 Å². The number of nitrogens with one attached hydrogen (secondary N) is 2. The molecule has 11 N–H and O–H groups in total. The molecule has 3 amide bonds. The summed E-state index contributed by atoms with van der Waals surface area (Å²) in [5.74, 6) is -1.55. The Bertz CT molecular complexity index is 5410. The Labute approximate surface area is 913 Å². The average molecular weight is 2120 g/mol. The molecule has 11 heterocycles. The van der Waals surface area contributed by atoms with E-state index in [2.05, 4.69) is 240 Å². The van der Waals surface area contributed by atoms with E-state index in [9.17, 15) is 79.2 Å². The molecular formula is C109H160BCl2N17NaO19. The van der Waals surface area contributed by atoms with Crippen molar-refractivity contribution in [1.82, 2.24) is 50.0 Å². The number of nitrogens with zero attached hydrogens (tertiary/aromatic N) is 14. The summed E-state index contributed by atoms with van der Waals surface area (Å²) in [6, 6.07) is 32.8. The van der Waals surface area contributed by atoms with Crippen LogP contribution < -0.4 is 65.5 Å². The number of aryl methyl sites for hydroxylation is 2. The number of hydrogen-bond donors (Lipinski definition) is 10. The molecule has 0 aliphatic carbocycles. The summed E-state index contributed by atoms with van der Waals surface area (Å²) in [5.41, 5.74) is 13.8. The van der Waals surface area contributed by atoms with E-state index in [4.69, 9.17) is 20.9 Å². The quantitative estimate of drug-likeness (QED) is 0.00846. The zero-order valence-electron chi connectivity index (χ0n) is 90.9. The predicted molar refractivity (Wildman–Crippen MR) is 578 cm³/mol. The summed E-state index contributed by atoms with van der Waals surface area (Å²) in [7, 11) is 4.32. The molecule has 813 valence electrons. The number of β-amino-alcohol motifs (C(OH)–C–C–N with tert-alkyl or cyclic N) is 5. The Morgan fingerprint density at radius 2 is 0.879 bits per heavy atom. The fourth-order valence-electron chi connectivity index (χ4n) is 19.2. The van der Waals surface area contributed by atoms with Crippen LogP contribution in [0.15, 0.2) is 110 Å². The first-order valence-electron chi connectivity index (χ1n) is 50.8. The zero-order valence-corrected chi connectivity index (χ0v) is 94.4. The first-order valence-corrected chi connectivity index (χ1v) is 51.6. The molecule has 7 fully saturated rings. The summed E-state index contributed by atoms with van der Waals surface area (Å²) >= 11 is 8.98. The monoisotopic (exact) mass is 2120 g/mol. The van der Waals surface area contributed by atoms with Gasteiger partial charge in [0.25, 0.3) is 5.91 Å². The van der Waals surface area contributed by atoms with Gasteiger partial charge in [0.15, 0.2) is 5.69 Å². The number of rotatable bonds is 21. The van der Waals surface area contributed by atoms with Gasteiger partial charge in [0.2, 0.25) is 17.8 Å². The molecular weight excluding hydrogens is 1960 g/mol. The van der Waals surface area contributed by atoms with Gasteiger partial charge in [0, 0.05) is 222 Å². The number of carboxylic acids is 1.